The predicted molar refractivity (Wildman–Crippen MR) is 141 cm³/mol. The van der Waals surface area contributed by atoms with E-state index in [-0.39, 0.29) is 7.92 Å². The van der Waals surface area contributed by atoms with Gasteiger partial charge in [-0.2, -0.15) is 0 Å². The number of hydrogen-bond donors (Lipinski definition) is 0. The molecule has 156 valence electrons. The second-order valence-corrected chi connectivity index (χ2v) is 11.2. The Kier molecular flexibility index (Phi) is 5.05. The van der Waals surface area contributed by atoms with Crippen molar-refractivity contribution in [3.05, 3.63) is 114 Å². The van der Waals surface area contributed by atoms with E-state index in [2.05, 4.69) is 110 Å². The molecule has 0 N–H and O–H groups in total. The zero-order chi connectivity index (χ0) is 21.5. The molecule has 5 aromatic rings. The fourth-order valence-electron chi connectivity index (χ4n) is 5.53. The molecule has 0 nitrogen and oxygen atoms in total. The SMILES string of the molecule is CCC[C@H]1c2ccc3ccccc3c2-c2c(ccc3ccccc23)CP1c1ccccc1. The Bertz CT molecular complexity index is 1420. The second-order valence-electron chi connectivity index (χ2n) is 8.84. The zero-order valence-corrected chi connectivity index (χ0v) is 19.4. The summed E-state index contributed by atoms with van der Waals surface area (Å²) in [7, 11) is -0.347. The van der Waals surface area contributed by atoms with Gasteiger partial charge < -0.3 is 0 Å². The number of hydrogen-bond acceptors (Lipinski definition) is 0. The van der Waals surface area contributed by atoms with Gasteiger partial charge in [-0.3, -0.25) is 0 Å². The van der Waals surface area contributed by atoms with Crippen LogP contribution < -0.4 is 5.30 Å². The lowest BCUT2D eigenvalue weighted by atomic mass is 9.86. The molecule has 0 fully saturated rings. The highest BCUT2D eigenvalue weighted by atomic mass is 31.1. The lowest BCUT2D eigenvalue weighted by molar-refractivity contribution is 0.773. The summed E-state index contributed by atoms with van der Waals surface area (Å²) in [5, 5.41) is 6.99. The Morgan fingerprint density at radius 1 is 0.656 bits per heavy atom. The predicted octanol–water partition coefficient (Wildman–Crippen LogP) is 8.82. The Balaban J connectivity index is 1.75. The molecule has 1 heteroatoms. The smallest absolute Gasteiger partial charge is 0.00912 e. The van der Waals surface area contributed by atoms with Gasteiger partial charge in [0.05, 0.1) is 0 Å². The fraction of sp³-hybridized carbons (Fsp3) is 0.161. The normalized spacial score (nSPS) is 17.7. The van der Waals surface area contributed by atoms with Crippen LogP contribution in [0.15, 0.2) is 103 Å². The van der Waals surface area contributed by atoms with Gasteiger partial charge in [0.2, 0.25) is 0 Å². The van der Waals surface area contributed by atoms with E-state index in [4.69, 9.17) is 0 Å². The zero-order valence-electron chi connectivity index (χ0n) is 18.5. The minimum absolute atomic E-state index is 0.347. The largest absolute Gasteiger partial charge is 0.0653 e. The van der Waals surface area contributed by atoms with Crippen molar-refractivity contribution in [2.24, 2.45) is 0 Å². The summed E-state index contributed by atoms with van der Waals surface area (Å²) in [5.74, 6) is 0. The van der Waals surface area contributed by atoms with Crippen LogP contribution >= 0.6 is 7.92 Å². The van der Waals surface area contributed by atoms with Crippen molar-refractivity contribution in [3.8, 4) is 11.1 Å². The molecule has 32 heavy (non-hydrogen) atoms. The molecule has 1 heterocycles. The summed E-state index contributed by atoms with van der Waals surface area (Å²) in [6.45, 7) is 2.34. The molecule has 1 aliphatic heterocycles. The van der Waals surface area contributed by atoms with Crippen LogP contribution in [0.2, 0.25) is 0 Å². The van der Waals surface area contributed by atoms with Crippen molar-refractivity contribution >= 4 is 34.8 Å². The summed E-state index contributed by atoms with van der Waals surface area (Å²) in [6, 6.07) is 38.8. The highest BCUT2D eigenvalue weighted by Crippen LogP contribution is 2.61. The van der Waals surface area contributed by atoms with Crippen LogP contribution in [-0.4, -0.2) is 0 Å². The van der Waals surface area contributed by atoms with E-state index in [1.165, 1.54) is 56.4 Å². The Labute approximate surface area is 191 Å². The maximum Gasteiger partial charge on any atom is 0.00912 e. The van der Waals surface area contributed by atoms with E-state index in [0.717, 1.165) is 6.16 Å². The van der Waals surface area contributed by atoms with Crippen LogP contribution in [0, 0.1) is 0 Å². The topological polar surface area (TPSA) is 0 Å². The molecule has 0 saturated heterocycles. The molecular formula is C31H27P. The molecule has 1 unspecified atom stereocenters. The van der Waals surface area contributed by atoms with E-state index in [1.54, 1.807) is 5.56 Å². The van der Waals surface area contributed by atoms with Crippen LogP contribution in [-0.2, 0) is 6.16 Å². The van der Waals surface area contributed by atoms with E-state index in [0.29, 0.717) is 5.66 Å². The first-order chi connectivity index (χ1) is 15.8. The van der Waals surface area contributed by atoms with Crippen LogP contribution in [0.25, 0.3) is 32.7 Å². The minimum Gasteiger partial charge on any atom is -0.0653 e. The highest BCUT2D eigenvalue weighted by Gasteiger charge is 2.32. The van der Waals surface area contributed by atoms with Crippen LogP contribution in [0.3, 0.4) is 0 Å². The van der Waals surface area contributed by atoms with E-state index < -0.39 is 0 Å². The summed E-state index contributed by atoms with van der Waals surface area (Å²) in [6.07, 6.45) is 3.59. The first kappa shape index (κ1) is 19.7. The second kappa shape index (κ2) is 8.19. The Hall–Kier alpha value is -2.95. The summed E-state index contributed by atoms with van der Waals surface area (Å²) in [4.78, 5) is 0. The van der Waals surface area contributed by atoms with Gasteiger partial charge in [0, 0.05) is 5.66 Å². The van der Waals surface area contributed by atoms with Crippen LogP contribution in [0.1, 0.15) is 36.6 Å². The molecule has 0 aromatic heterocycles. The molecule has 0 saturated carbocycles. The molecule has 5 aromatic carbocycles. The molecule has 1 aliphatic rings. The van der Waals surface area contributed by atoms with Gasteiger partial charge >= 0.3 is 0 Å². The van der Waals surface area contributed by atoms with Crippen molar-refractivity contribution in [3.63, 3.8) is 0 Å². The first-order valence-electron chi connectivity index (χ1n) is 11.7. The molecule has 0 aliphatic carbocycles. The van der Waals surface area contributed by atoms with Gasteiger partial charge in [0.25, 0.3) is 0 Å². The Morgan fingerprint density at radius 3 is 2.00 bits per heavy atom. The van der Waals surface area contributed by atoms with Crippen molar-refractivity contribution in [2.45, 2.75) is 31.6 Å². The van der Waals surface area contributed by atoms with Crippen molar-refractivity contribution in [1.29, 1.82) is 0 Å². The van der Waals surface area contributed by atoms with Gasteiger partial charge in [-0.05, 0) is 61.7 Å². The number of fused-ring (bicyclic) bond motifs is 7. The fourth-order valence-corrected chi connectivity index (χ4v) is 8.60. The average molecular weight is 431 g/mol. The molecule has 0 spiro atoms. The highest BCUT2D eigenvalue weighted by molar-refractivity contribution is 7.65. The van der Waals surface area contributed by atoms with Crippen LogP contribution in [0.5, 0.6) is 0 Å². The summed E-state index contributed by atoms with van der Waals surface area (Å²) in [5.41, 5.74) is 6.58. The van der Waals surface area contributed by atoms with Gasteiger partial charge in [-0.25, -0.2) is 0 Å². The molecule has 6 rings (SSSR count). The third-order valence-electron chi connectivity index (χ3n) is 6.95. The molecule has 2 atom stereocenters. The standard InChI is InChI=1S/C31H27P/c1-2-10-29-28-20-19-23-12-7-9-16-27(23)31(28)30-24(18-17-22-11-6-8-15-26(22)30)21-32(29)25-13-4-3-5-14-25/h3-9,11-20,29H,2,10,21H2,1H3/t29-,32?/m0/s1. The minimum atomic E-state index is -0.347. The number of benzene rings is 5. The Morgan fingerprint density at radius 2 is 1.28 bits per heavy atom. The lowest BCUT2D eigenvalue weighted by Crippen LogP contribution is -2.09. The monoisotopic (exact) mass is 430 g/mol. The molecule has 0 amide bonds. The third kappa shape index (κ3) is 3.17. The lowest BCUT2D eigenvalue weighted by Gasteiger charge is -2.28. The maximum atomic E-state index is 2.45. The van der Waals surface area contributed by atoms with Gasteiger partial charge in [-0.1, -0.05) is 124 Å². The van der Waals surface area contributed by atoms with Crippen molar-refractivity contribution in [1.82, 2.24) is 0 Å². The van der Waals surface area contributed by atoms with Gasteiger partial charge in [-0.15, -0.1) is 0 Å². The van der Waals surface area contributed by atoms with E-state index in [9.17, 15) is 0 Å². The molecule has 0 bridgehead atoms. The van der Waals surface area contributed by atoms with E-state index in [1.807, 2.05) is 0 Å². The molecular weight excluding hydrogens is 403 g/mol. The van der Waals surface area contributed by atoms with Crippen molar-refractivity contribution in [2.75, 3.05) is 0 Å². The van der Waals surface area contributed by atoms with Crippen LogP contribution in [0.4, 0.5) is 0 Å². The number of rotatable bonds is 3. The summed E-state index contributed by atoms with van der Waals surface area (Å²) < 4.78 is 0. The van der Waals surface area contributed by atoms with Gasteiger partial charge in [0.15, 0.2) is 0 Å². The quantitative estimate of drug-likeness (QED) is 0.251. The average Bonchev–Trinajstić information content (AvgIpc) is 3.00. The molecule has 0 radical (unpaired) electrons. The van der Waals surface area contributed by atoms with E-state index >= 15 is 0 Å². The first-order valence-corrected chi connectivity index (χ1v) is 13.3. The summed E-state index contributed by atoms with van der Waals surface area (Å²) >= 11 is 0. The maximum absolute atomic E-state index is 2.45. The third-order valence-corrected chi connectivity index (χ3v) is 9.88. The van der Waals surface area contributed by atoms with Gasteiger partial charge in [0.1, 0.15) is 0 Å². The van der Waals surface area contributed by atoms with Crippen molar-refractivity contribution < 1.29 is 0 Å².